The molecule has 8 nitrogen and oxygen atoms in total. The highest BCUT2D eigenvalue weighted by Crippen LogP contribution is 2.20. The van der Waals surface area contributed by atoms with Crippen LogP contribution in [0.1, 0.15) is 21.6 Å². The fourth-order valence-corrected chi connectivity index (χ4v) is 4.59. The number of nitrogens with one attached hydrogen (secondary N) is 1. The minimum Gasteiger partial charge on any atom is -0.444 e. The minimum absolute atomic E-state index is 0.0349. The molecule has 0 atom stereocenters. The van der Waals surface area contributed by atoms with Crippen LogP contribution >= 0.6 is 0 Å². The SMILES string of the molecule is O=C(Cc1ccccc1)NCc1ccc(-c2nc(C(=O)N3CCS(=O)(=O)CC3)co2)cc1. The second-order valence-electron chi connectivity index (χ2n) is 7.62. The van der Waals surface area contributed by atoms with Crippen molar-refractivity contribution in [1.82, 2.24) is 15.2 Å². The number of carbonyl (C=O) groups is 2. The van der Waals surface area contributed by atoms with Gasteiger partial charge in [0, 0.05) is 25.2 Å². The number of benzene rings is 2. The Kier molecular flexibility index (Phi) is 6.36. The van der Waals surface area contributed by atoms with Crippen molar-refractivity contribution in [3.05, 3.63) is 77.7 Å². The van der Waals surface area contributed by atoms with Crippen LogP contribution in [0, 0.1) is 0 Å². The van der Waals surface area contributed by atoms with Gasteiger partial charge in [-0.25, -0.2) is 13.4 Å². The number of nitrogens with zero attached hydrogens (tertiary/aromatic N) is 2. The van der Waals surface area contributed by atoms with Gasteiger partial charge < -0.3 is 14.6 Å². The Hall–Kier alpha value is -3.46. The van der Waals surface area contributed by atoms with E-state index in [1.807, 2.05) is 54.6 Å². The van der Waals surface area contributed by atoms with Crippen LogP contribution in [0.4, 0.5) is 0 Å². The fourth-order valence-electron chi connectivity index (χ4n) is 3.39. The number of hydrogen-bond acceptors (Lipinski definition) is 6. The molecule has 1 aliphatic heterocycles. The average Bonchev–Trinajstić information content (AvgIpc) is 3.29. The molecule has 9 heteroatoms. The van der Waals surface area contributed by atoms with Gasteiger partial charge in [-0.2, -0.15) is 0 Å². The third-order valence-corrected chi connectivity index (χ3v) is 6.86. The van der Waals surface area contributed by atoms with Crippen LogP contribution in [0.25, 0.3) is 11.5 Å². The fraction of sp³-hybridized carbons (Fsp3) is 0.261. The van der Waals surface area contributed by atoms with Crippen molar-refractivity contribution in [2.45, 2.75) is 13.0 Å². The van der Waals surface area contributed by atoms with Gasteiger partial charge in [0.2, 0.25) is 11.8 Å². The second-order valence-corrected chi connectivity index (χ2v) is 9.92. The summed E-state index contributed by atoms with van der Waals surface area (Å²) < 4.78 is 28.5. The number of aromatic nitrogens is 1. The first-order valence-corrected chi connectivity index (χ1v) is 12.1. The highest BCUT2D eigenvalue weighted by Gasteiger charge is 2.27. The van der Waals surface area contributed by atoms with Crippen molar-refractivity contribution in [2.24, 2.45) is 0 Å². The van der Waals surface area contributed by atoms with Gasteiger partial charge in [-0.15, -0.1) is 0 Å². The minimum atomic E-state index is -3.06. The largest absolute Gasteiger partial charge is 0.444 e. The highest BCUT2D eigenvalue weighted by atomic mass is 32.2. The molecule has 1 aromatic heterocycles. The predicted octanol–water partition coefficient (Wildman–Crippen LogP) is 2.07. The van der Waals surface area contributed by atoms with E-state index >= 15 is 0 Å². The molecule has 0 spiro atoms. The molecule has 1 N–H and O–H groups in total. The highest BCUT2D eigenvalue weighted by molar-refractivity contribution is 7.91. The number of sulfone groups is 1. The zero-order chi connectivity index (χ0) is 22.6. The summed E-state index contributed by atoms with van der Waals surface area (Å²) in [5.41, 5.74) is 2.73. The van der Waals surface area contributed by atoms with E-state index in [2.05, 4.69) is 10.3 Å². The second kappa shape index (κ2) is 9.35. The van der Waals surface area contributed by atoms with Crippen molar-refractivity contribution in [3.63, 3.8) is 0 Å². The Bertz CT molecular complexity index is 1190. The van der Waals surface area contributed by atoms with Crippen LogP contribution in [-0.2, 0) is 27.6 Å². The number of rotatable bonds is 6. The zero-order valence-electron chi connectivity index (χ0n) is 17.4. The summed E-state index contributed by atoms with van der Waals surface area (Å²) in [6.45, 7) is 0.723. The molecule has 0 radical (unpaired) electrons. The van der Waals surface area contributed by atoms with Crippen molar-refractivity contribution in [2.75, 3.05) is 24.6 Å². The molecular formula is C23H23N3O5S. The Morgan fingerprint density at radius 1 is 0.969 bits per heavy atom. The molecule has 2 amide bonds. The maximum atomic E-state index is 12.6. The summed E-state index contributed by atoms with van der Waals surface area (Å²) in [4.78, 5) is 30.4. The molecule has 1 fully saturated rings. The van der Waals surface area contributed by atoms with Crippen LogP contribution in [0.5, 0.6) is 0 Å². The predicted molar refractivity (Wildman–Crippen MR) is 118 cm³/mol. The summed E-state index contributed by atoms with van der Waals surface area (Å²) in [5.74, 6) is -0.161. The summed E-state index contributed by atoms with van der Waals surface area (Å²) in [7, 11) is -3.06. The molecule has 32 heavy (non-hydrogen) atoms. The van der Waals surface area contributed by atoms with E-state index in [-0.39, 0.29) is 42.1 Å². The average molecular weight is 454 g/mol. The number of oxazole rings is 1. The Labute approximate surface area is 186 Å². The molecule has 166 valence electrons. The van der Waals surface area contributed by atoms with Gasteiger partial charge in [0.15, 0.2) is 15.5 Å². The van der Waals surface area contributed by atoms with Gasteiger partial charge in [-0.1, -0.05) is 42.5 Å². The van der Waals surface area contributed by atoms with Gasteiger partial charge in [0.05, 0.1) is 17.9 Å². The van der Waals surface area contributed by atoms with Gasteiger partial charge in [-0.05, 0) is 23.3 Å². The maximum Gasteiger partial charge on any atom is 0.275 e. The summed E-state index contributed by atoms with van der Waals surface area (Å²) in [5, 5.41) is 2.90. The number of carbonyl (C=O) groups excluding carboxylic acids is 2. The molecule has 0 bridgehead atoms. The van der Waals surface area contributed by atoms with Gasteiger partial charge in [-0.3, -0.25) is 9.59 Å². The van der Waals surface area contributed by atoms with Crippen LogP contribution < -0.4 is 5.32 Å². The van der Waals surface area contributed by atoms with Crippen LogP contribution in [0.2, 0.25) is 0 Å². The zero-order valence-corrected chi connectivity index (χ0v) is 18.2. The number of amides is 2. The first kappa shape index (κ1) is 21.8. The molecule has 0 aliphatic carbocycles. The van der Waals surface area contributed by atoms with Crippen molar-refractivity contribution in [3.8, 4) is 11.5 Å². The van der Waals surface area contributed by atoms with E-state index in [0.29, 0.717) is 24.4 Å². The molecule has 0 unspecified atom stereocenters. The lowest BCUT2D eigenvalue weighted by Gasteiger charge is -2.25. The summed E-state index contributed by atoms with van der Waals surface area (Å²) in [6, 6.07) is 16.9. The van der Waals surface area contributed by atoms with Gasteiger partial charge in [0.25, 0.3) is 5.91 Å². The third-order valence-electron chi connectivity index (χ3n) is 5.25. The quantitative estimate of drug-likeness (QED) is 0.612. The molecule has 2 aromatic carbocycles. The Balaban J connectivity index is 1.33. The molecular weight excluding hydrogens is 430 g/mol. The first-order valence-electron chi connectivity index (χ1n) is 10.2. The van der Waals surface area contributed by atoms with Crippen LogP contribution in [0.15, 0.2) is 65.3 Å². The van der Waals surface area contributed by atoms with Crippen molar-refractivity contribution in [1.29, 1.82) is 0 Å². The first-order chi connectivity index (χ1) is 15.4. The topological polar surface area (TPSA) is 110 Å². The summed E-state index contributed by atoms with van der Waals surface area (Å²) in [6.07, 6.45) is 1.62. The Morgan fingerprint density at radius 2 is 1.66 bits per heavy atom. The smallest absolute Gasteiger partial charge is 0.275 e. The lowest BCUT2D eigenvalue weighted by molar-refractivity contribution is -0.120. The maximum absolute atomic E-state index is 12.6. The van der Waals surface area contributed by atoms with Crippen LogP contribution in [-0.4, -0.2) is 54.7 Å². The standard InChI is InChI=1S/C23H23N3O5S/c27-21(14-17-4-2-1-3-5-17)24-15-18-6-8-19(9-7-18)22-25-20(16-31-22)23(28)26-10-12-32(29,30)13-11-26/h1-9,16H,10-15H2,(H,24,27). The van der Waals surface area contributed by atoms with E-state index in [1.54, 1.807) is 0 Å². The Morgan fingerprint density at radius 3 is 2.34 bits per heavy atom. The molecule has 3 aromatic rings. The third kappa shape index (κ3) is 5.42. The lowest BCUT2D eigenvalue weighted by Crippen LogP contribution is -2.43. The number of hydrogen-bond donors (Lipinski definition) is 1. The molecule has 2 heterocycles. The monoisotopic (exact) mass is 453 g/mol. The van der Waals surface area contributed by atoms with E-state index < -0.39 is 9.84 Å². The van der Waals surface area contributed by atoms with Crippen molar-refractivity contribution >= 4 is 21.7 Å². The van der Waals surface area contributed by atoms with Gasteiger partial charge >= 0.3 is 0 Å². The summed E-state index contributed by atoms with van der Waals surface area (Å²) >= 11 is 0. The van der Waals surface area contributed by atoms with E-state index in [0.717, 1.165) is 11.1 Å². The molecule has 4 rings (SSSR count). The van der Waals surface area contributed by atoms with E-state index in [9.17, 15) is 18.0 Å². The molecule has 1 aliphatic rings. The molecule has 1 saturated heterocycles. The molecule has 0 saturated carbocycles. The van der Waals surface area contributed by atoms with Crippen LogP contribution in [0.3, 0.4) is 0 Å². The van der Waals surface area contributed by atoms with E-state index in [1.165, 1.54) is 11.2 Å². The van der Waals surface area contributed by atoms with Crippen molar-refractivity contribution < 1.29 is 22.4 Å². The van der Waals surface area contributed by atoms with E-state index in [4.69, 9.17) is 4.42 Å². The van der Waals surface area contributed by atoms with Gasteiger partial charge in [0.1, 0.15) is 6.26 Å². The normalized spacial score (nSPS) is 15.3. The lowest BCUT2D eigenvalue weighted by atomic mass is 10.1.